The van der Waals surface area contributed by atoms with E-state index in [4.69, 9.17) is 9.40 Å². The molecule has 1 aliphatic carbocycles. The first kappa shape index (κ1) is 11.8. The number of aryl methyl sites for hydroxylation is 1. The molecule has 0 fully saturated rings. The normalized spacial score (nSPS) is 11.9. The van der Waals surface area contributed by atoms with E-state index in [9.17, 15) is 0 Å². The van der Waals surface area contributed by atoms with Crippen molar-refractivity contribution in [1.29, 1.82) is 0 Å². The SMILES string of the molecule is Cc1ccc(-c2nc3c(o2)-c2cccc4cccc-3c24)cc1. The Balaban J connectivity index is 1.77. The van der Waals surface area contributed by atoms with Gasteiger partial charge in [0.05, 0.1) is 0 Å². The summed E-state index contributed by atoms with van der Waals surface area (Å²) in [5.41, 5.74) is 5.53. The molecule has 3 aromatic carbocycles. The number of rotatable bonds is 1. The molecule has 0 N–H and O–H groups in total. The van der Waals surface area contributed by atoms with Crippen LogP contribution >= 0.6 is 0 Å². The molecule has 2 nitrogen and oxygen atoms in total. The van der Waals surface area contributed by atoms with Crippen molar-refractivity contribution in [3.63, 3.8) is 0 Å². The zero-order valence-electron chi connectivity index (χ0n) is 12.1. The predicted molar refractivity (Wildman–Crippen MR) is 88.6 cm³/mol. The lowest BCUT2D eigenvalue weighted by molar-refractivity contribution is 0.590. The Bertz CT molecular complexity index is 969. The molecule has 0 saturated carbocycles. The van der Waals surface area contributed by atoms with Crippen LogP contribution in [0.2, 0.25) is 0 Å². The maximum atomic E-state index is 6.11. The first-order chi connectivity index (χ1) is 10.8. The van der Waals surface area contributed by atoms with Gasteiger partial charge in [-0.3, -0.25) is 0 Å². The van der Waals surface area contributed by atoms with E-state index in [1.807, 2.05) is 0 Å². The van der Waals surface area contributed by atoms with Crippen LogP contribution in [-0.4, -0.2) is 4.98 Å². The second-order valence-corrected chi connectivity index (χ2v) is 5.77. The largest absolute Gasteiger partial charge is 0.435 e. The van der Waals surface area contributed by atoms with Crippen LogP contribution in [0.1, 0.15) is 5.56 Å². The maximum Gasteiger partial charge on any atom is 0.227 e. The molecule has 0 unspecified atom stereocenters. The fourth-order valence-corrected chi connectivity index (χ4v) is 3.23. The van der Waals surface area contributed by atoms with Crippen molar-refractivity contribution < 1.29 is 4.42 Å². The van der Waals surface area contributed by atoms with Crippen molar-refractivity contribution in [3.05, 3.63) is 66.2 Å². The molecule has 104 valence electrons. The topological polar surface area (TPSA) is 26.0 Å². The Morgan fingerprint density at radius 2 is 1.55 bits per heavy atom. The second kappa shape index (κ2) is 4.08. The van der Waals surface area contributed by atoms with Crippen LogP contribution in [0.3, 0.4) is 0 Å². The van der Waals surface area contributed by atoms with Gasteiger partial charge >= 0.3 is 0 Å². The summed E-state index contributed by atoms with van der Waals surface area (Å²) in [7, 11) is 0. The molecule has 0 amide bonds. The Kier molecular flexibility index (Phi) is 2.18. The van der Waals surface area contributed by atoms with Gasteiger partial charge in [-0.25, -0.2) is 4.98 Å². The molecular formula is C20H13NO. The summed E-state index contributed by atoms with van der Waals surface area (Å²) >= 11 is 0. The number of oxazole rings is 1. The van der Waals surface area contributed by atoms with Gasteiger partial charge in [-0.2, -0.15) is 0 Å². The third-order valence-corrected chi connectivity index (χ3v) is 4.33. The monoisotopic (exact) mass is 283 g/mol. The predicted octanol–water partition coefficient (Wildman–Crippen LogP) is 5.45. The summed E-state index contributed by atoms with van der Waals surface area (Å²) in [6, 6.07) is 20.9. The molecule has 0 radical (unpaired) electrons. The highest BCUT2D eigenvalue weighted by Gasteiger charge is 2.27. The smallest absolute Gasteiger partial charge is 0.227 e. The number of benzene rings is 3. The molecule has 0 atom stereocenters. The zero-order valence-corrected chi connectivity index (χ0v) is 12.1. The van der Waals surface area contributed by atoms with Crippen molar-refractivity contribution in [3.8, 4) is 34.0 Å². The highest BCUT2D eigenvalue weighted by atomic mass is 16.4. The maximum absolute atomic E-state index is 6.11. The van der Waals surface area contributed by atoms with Crippen LogP contribution in [0, 0.1) is 6.92 Å². The zero-order chi connectivity index (χ0) is 14.7. The molecule has 0 aliphatic heterocycles. The minimum Gasteiger partial charge on any atom is -0.435 e. The van der Waals surface area contributed by atoms with Gasteiger partial charge in [-0.05, 0) is 24.4 Å². The fourth-order valence-electron chi connectivity index (χ4n) is 3.23. The van der Waals surface area contributed by atoms with Crippen LogP contribution in [0.4, 0.5) is 0 Å². The molecule has 4 aromatic rings. The number of aromatic nitrogens is 1. The minimum atomic E-state index is 0.691. The van der Waals surface area contributed by atoms with E-state index < -0.39 is 0 Å². The van der Waals surface area contributed by atoms with Crippen molar-refractivity contribution in [2.45, 2.75) is 6.92 Å². The van der Waals surface area contributed by atoms with E-state index in [2.05, 4.69) is 67.6 Å². The molecular weight excluding hydrogens is 270 g/mol. The first-order valence-corrected chi connectivity index (χ1v) is 7.41. The molecule has 1 heterocycles. The number of nitrogens with zero attached hydrogens (tertiary/aromatic N) is 1. The summed E-state index contributed by atoms with van der Waals surface area (Å²) in [6.07, 6.45) is 0. The van der Waals surface area contributed by atoms with Crippen LogP contribution in [0.15, 0.2) is 65.1 Å². The van der Waals surface area contributed by atoms with E-state index in [1.165, 1.54) is 21.9 Å². The van der Waals surface area contributed by atoms with Gasteiger partial charge in [0.15, 0.2) is 5.76 Å². The van der Waals surface area contributed by atoms with E-state index in [0.717, 1.165) is 22.6 Å². The fraction of sp³-hybridized carbons (Fsp3) is 0.0500. The average Bonchev–Trinajstić information content (AvgIpc) is 3.10. The molecule has 1 aliphatic rings. The Morgan fingerprint density at radius 3 is 2.32 bits per heavy atom. The molecule has 2 heteroatoms. The first-order valence-electron chi connectivity index (χ1n) is 7.41. The average molecular weight is 283 g/mol. The second-order valence-electron chi connectivity index (χ2n) is 5.77. The quantitative estimate of drug-likeness (QED) is 0.409. The number of hydrogen-bond donors (Lipinski definition) is 0. The number of fused-ring (bicyclic) bond motifs is 3. The third-order valence-electron chi connectivity index (χ3n) is 4.33. The molecule has 5 rings (SSSR count). The lowest BCUT2D eigenvalue weighted by Gasteiger charge is -2.02. The van der Waals surface area contributed by atoms with Crippen LogP contribution < -0.4 is 0 Å². The molecule has 22 heavy (non-hydrogen) atoms. The minimum absolute atomic E-state index is 0.691. The van der Waals surface area contributed by atoms with Crippen molar-refractivity contribution >= 4 is 10.8 Å². The van der Waals surface area contributed by atoms with Crippen molar-refractivity contribution in [2.75, 3.05) is 0 Å². The van der Waals surface area contributed by atoms with Crippen molar-refractivity contribution in [2.24, 2.45) is 0 Å². The van der Waals surface area contributed by atoms with Crippen LogP contribution in [-0.2, 0) is 0 Å². The number of hydrogen-bond acceptors (Lipinski definition) is 2. The van der Waals surface area contributed by atoms with Crippen LogP contribution in [0.5, 0.6) is 0 Å². The van der Waals surface area contributed by atoms with Crippen molar-refractivity contribution in [1.82, 2.24) is 4.98 Å². The van der Waals surface area contributed by atoms with E-state index in [1.54, 1.807) is 0 Å². The molecule has 1 aromatic heterocycles. The molecule has 0 saturated heterocycles. The van der Waals surface area contributed by atoms with Gasteiger partial charge < -0.3 is 4.42 Å². The summed E-state index contributed by atoms with van der Waals surface area (Å²) in [5, 5.41) is 2.49. The van der Waals surface area contributed by atoms with Crippen LogP contribution in [0.25, 0.3) is 44.8 Å². The summed E-state index contributed by atoms with van der Waals surface area (Å²) in [5.74, 6) is 1.58. The Hall–Kier alpha value is -2.87. The van der Waals surface area contributed by atoms with Gasteiger partial charge in [0.1, 0.15) is 5.69 Å². The van der Waals surface area contributed by atoms with Gasteiger partial charge in [-0.1, -0.05) is 54.1 Å². The highest BCUT2D eigenvalue weighted by molar-refractivity contribution is 6.13. The summed E-state index contributed by atoms with van der Waals surface area (Å²) in [4.78, 5) is 4.76. The molecule has 0 bridgehead atoms. The van der Waals surface area contributed by atoms with Gasteiger partial charge in [-0.15, -0.1) is 0 Å². The Labute approximate surface area is 128 Å². The summed E-state index contributed by atoms with van der Waals surface area (Å²) in [6.45, 7) is 2.08. The molecule has 0 spiro atoms. The lowest BCUT2D eigenvalue weighted by Crippen LogP contribution is -1.81. The summed E-state index contributed by atoms with van der Waals surface area (Å²) < 4.78 is 6.11. The van der Waals surface area contributed by atoms with E-state index in [-0.39, 0.29) is 0 Å². The highest BCUT2D eigenvalue weighted by Crippen LogP contribution is 2.48. The lowest BCUT2D eigenvalue weighted by atomic mass is 10.0. The van der Waals surface area contributed by atoms with Gasteiger partial charge in [0, 0.05) is 22.1 Å². The third kappa shape index (κ3) is 1.47. The Morgan fingerprint density at radius 1 is 0.818 bits per heavy atom. The standard InChI is InChI=1S/C20H13NO/c1-12-8-10-14(11-9-12)20-21-18-15-6-2-4-13-5-3-7-16(17(13)15)19(18)22-20/h2-11H,1H3. The van der Waals surface area contributed by atoms with E-state index >= 15 is 0 Å². The van der Waals surface area contributed by atoms with Gasteiger partial charge in [0.2, 0.25) is 5.89 Å². The van der Waals surface area contributed by atoms with E-state index in [0.29, 0.717) is 5.89 Å². The van der Waals surface area contributed by atoms with Gasteiger partial charge in [0.25, 0.3) is 0 Å².